The molecule has 2 aliphatic rings. The third kappa shape index (κ3) is 1.77. The first kappa shape index (κ1) is 12.8. The second-order valence-corrected chi connectivity index (χ2v) is 6.52. The van der Waals surface area contributed by atoms with Gasteiger partial charge in [-0.2, -0.15) is 0 Å². The molecule has 0 bridgehead atoms. The monoisotopic (exact) mass is 295 g/mol. The van der Waals surface area contributed by atoms with E-state index in [-0.39, 0.29) is 0 Å². The molecule has 2 aromatic carbocycles. The van der Waals surface area contributed by atoms with Gasteiger partial charge in [0.05, 0.1) is 5.69 Å². The fraction of sp³-hybridized carbons (Fsp3) is 0.136. The van der Waals surface area contributed by atoms with Gasteiger partial charge in [0.2, 0.25) is 0 Å². The van der Waals surface area contributed by atoms with Gasteiger partial charge >= 0.3 is 0 Å². The molecular weight excluding hydrogens is 278 g/mol. The Morgan fingerprint density at radius 2 is 1.70 bits per heavy atom. The van der Waals surface area contributed by atoms with E-state index >= 15 is 0 Å². The standard InChI is InChI=1S/C22H17N/c1-14-9-10-17-18-8-4-5-15-11-12-23-22(21(15)18)19-7-3-2-6-16(19)20(17)13-14/h2-8,10-14H,9H2,1H3. The van der Waals surface area contributed by atoms with Crippen LogP contribution in [0, 0.1) is 5.92 Å². The first-order valence-electron chi connectivity index (χ1n) is 8.23. The summed E-state index contributed by atoms with van der Waals surface area (Å²) in [6, 6.07) is 17.4. The summed E-state index contributed by atoms with van der Waals surface area (Å²) in [7, 11) is 0. The number of hydrogen-bond donors (Lipinski definition) is 0. The van der Waals surface area contributed by atoms with Crippen LogP contribution in [-0.2, 0) is 0 Å². The molecule has 5 rings (SSSR count). The van der Waals surface area contributed by atoms with Crippen LogP contribution in [-0.4, -0.2) is 4.98 Å². The fourth-order valence-electron chi connectivity index (χ4n) is 3.93. The van der Waals surface area contributed by atoms with Gasteiger partial charge in [0.25, 0.3) is 0 Å². The highest BCUT2D eigenvalue weighted by atomic mass is 14.7. The lowest BCUT2D eigenvalue weighted by atomic mass is 9.84. The molecule has 0 spiro atoms. The molecule has 1 heterocycles. The number of pyridine rings is 1. The average molecular weight is 295 g/mol. The van der Waals surface area contributed by atoms with Gasteiger partial charge < -0.3 is 0 Å². The fourth-order valence-corrected chi connectivity index (χ4v) is 3.93. The van der Waals surface area contributed by atoms with Gasteiger partial charge in [-0.3, -0.25) is 4.98 Å². The number of nitrogens with zero attached hydrogens (tertiary/aromatic N) is 1. The van der Waals surface area contributed by atoms with E-state index in [1.807, 2.05) is 6.20 Å². The van der Waals surface area contributed by atoms with Crippen LogP contribution < -0.4 is 0 Å². The van der Waals surface area contributed by atoms with Crippen LogP contribution in [0.5, 0.6) is 0 Å². The molecule has 0 radical (unpaired) electrons. The zero-order valence-corrected chi connectivity index (χ0v) is 13.1. The van der Waals surface area contributed by atoms with Crippen LogP contribution in [0.2, 0.25) is 0 Å². The molecule has 1 unspecified atom stereocenters. The Bertz CT molecular complexity index is 1000. The molecule has 2 aliphatic carbocycles. The second-order valence-electron chi connectivity index (χ2n) is 6.52. The van der Waals surface area contributed by atoms with Crippen LogP contribution in [0.15, 0.2) is 66.9 Å². The molecule has 1 aromatic heterocycles. The summed E-state index contributed by atoms with van der Waals surface area (Å²) >= 11 is 0. The quantitative estimate of drug-likeness (QED) is 0.516. The maximum atomic E-state index is 4.76. The Kier molecular flexibility index (Phi) is 2.60. The molecule has 0 saturated carbocycles. The summed E-state index contributed by atoms with van der Waals surface area (Å²) < 4.78 is 0. The number of benzene rings is 2. The van der Waals surface area contributed by atoms with E-state index in [0.29, 0.717) is 5.92 Å². The lowest BCUT2D eigenvalue weighted by molar-refractivity contribution is 0.742. The summed E-state index contributed by atoms with van der Waals surface area (Å²) in [5, 5.41) is 2.55. The van der Waals surface area contributed by atoms with E-state index in [2.05, 4.69) is 67.6 Å². The van der Waals surface area contributed by atoms with Crippen molar-refractivity contribution in [3.05, 3.63) is 78.0 Å². The van der Waals surface area contributed by atoms with Crippen LogP contribution in [0.25, 0.3) is 33.2 Å². The van der Waals surface area contributed by atoms with Gasteiger partial charge in [0, 0.05) is 17.1 Å². The summed E-state index contributed by atoms with van der Waals surface area (Å²) in [5.74, 6) is 0.579. The summed E-state index contributed by atoms with van der Waals surface area (Å²) in [5.41, 5.74) is 7.71. The highest BCUT2D eigenvalue weighted by molar-refractivity contribution is 6.18. The minimum Gasteiger partial charge on any atom is -0.256 e. The zero-order chi connectivity index (χ0) is 15.4. The van der Waals surface area contributed by atoms with Gasteiger partial charge in [0.15, 0.2) is 0 Å². The second kappa shape index (κ2) is 4.66. The third-order valence-electron chi connectivity index (χ3n) is 4.99. The van der Waals surface area contributed by atoms with Crippen molar-refractivity contribution in [3.63, 3.8) is 0 Å². The summed E-state index contributed by atoms with van der Waals surface area (Å²) in [4.78, 5) is 4.76. The summed E-state index contributed by atoms with van der Waals surface area (Å²) in [6.07, 6.45) is 7.87. The van der Waals surface area contributed by atoms with Gasteiger partial charge in [-0.15, -0.1) is 0 Å². The number of hydrogen-bond acceptors (Lipinski definition) is 1. The Labute approximate surface area is 136 Å². The molecule has 110 valence electrons. The molecular formula is C22H17N. The Hall–Kier alpha value is -2.67. The number of allylic oxidation sites excluding steroid dienone is 4. The van der Waals surface area contributed by atoms with Crippen molar-refractivity contribution in [2.75, 3.05) is 0 Å². The predicted molar refractivity (Wildman–Crippen MR) is 96.9 cm³/mol. The lowest BCUT2D eigenvalue weighted by Crippen LogP contribution is -2.00. The lowest BCUT2D eigenvalue weighted by Gasteiger charge is -2.20. The van der Waals surface area contributed by atoms with Crippen molar-refractivity contribution < 1.29 is 0 Å². The zero-order valence-electron chi connectivity index (χ0n) is 13.1. The number of aromatic nitrogens is 1. The number of rotatable bonds is 0. The predicted octanol–water partition coefficient (Wildman–Crippen LogP) is 5.72. The van der Waals surface area contributed by atoms with Crippen molar-refractivity contribution in [2.24, 2.45) is 5.92 Å². The highest BCUT2D eigenvalue weighted by Gasteiger charge is 2.25. The van der Waals surface area contributed by atoms with Gasteiger partial charge in [-0.1, -0.05) is 61.5 Å². The molecule has 3 aromatic rings. The first-order chi connectivity index (χ1) is 11.3. The van der Waals surface area contributed by atoms with E-state index < -0.39 is 0 Å². The first-order valence-corrected chi connectivity index (χ1v) is 8.23. The average Bonchev–Trinajstić information content (AvgIpc) is 2.71. The Morgan fingerprint density at radius 3 is 2.61 bits per heavy atom. The van der Waals surface area contributed by atoms with Gasteiger partial charge in [-0.05, 0) is 46.1 Å². The maximum Gasteiger partial charge on any atom is 0.0792 e. The van der Waals surface area contributed by atoms with Crippen molar-refractivity contribution in [1.82, 2.24) is 4.98 Å². The molecule has 0 amide bonds. The molecule has 0 fully saturated rings. The maximum absolute atomic E-state index is 4.76. The van der Waals surface area contributed by atoms with Crippen LogP contribution in [0.4, 0.5) is 0 Å². The van der Waals surface area contributed by atoms with Gasteiger partial charge in [0.1, 0.15) is 0 Å². The van der Waals surface area contributed by atoms with Crippen LogP contribution in [0.3, 0.4) is 0 Å². The van der Waals surface area contributed by atoms with Gasteiger partial charge in [-0.25, -0.2) is 0 Å². The minimum atomic E-state index is 0.579. The summed E-state index contributed by atoms with van der Waals surface area (Å²) in [6.45, 7) is 2.29. The van der Waals surface area contributed by atoms with Crippen LogP contribution >= 0.6 is 0 Å². The van der Waals surface area contributed by atoms with Crippen molar-refractivity contribution in [1.29, 1.82) is 0 Å². The molecule has 1 nitrogen and oxygen atoms in total. The SMILES string of the molecule is CC1C=C2C(=CC1)c1cccc3ccnc(c13)-c1ccccc12. The van der Waals surface area contributed by atoms with Crippen molar-refractivity contribution >= 4 is 21.9 Å². The van der Waals surface area contributed by atoms with E-state index in [4.69, 9.17) is 4.98 Å². The Balaban J connectivity index is 2.01. The number of fused-ring (bicyclic) bond motifs is 5. The molecule has 0 aliphatic heterocycles. The molecule has 1 atom stereocenters. The van der Waals surface area contributed by atoms with E-state index in [0.717, 1.165) is 12.1 Å². The van der Waals surface area contributed by atoms with Crippen molar-refractivity contribution in [3.8, 4) is 11.3 Å². The van der Waals surface area contributed by atoms with E-state index in [1.165, 1.54) is 38.6 Å². The van der Waals surface area contributed by atoms with E-state index in [9.17, 15) is 0 Å². The third-order valence-corrected chi connectivity index (χ3v) is 4.99. The van der Waals surface area contributed by atoms with Crippen molar-refractivity contribution in [2.45, 2.75) is 13.3 Å². The molecule has 23 heavy (non-hydrogen) atoms. The molecule has 0 saturated heterocycles. The smallest absolute Gasteiger partial charge is 0.0792 e. The topological polar surface area (TPSA) is 12.9 Å². The molecule has 1 heteroatoms. The minimum absolute atomic E-state index is 0.579. The Morgan fingerprint density at radius 1 is 0.870 bits per heavy atom. The molecule has 0 N–H and O–H groups in total. The normalized spacial score (nSPS) is 18.6. The highest BCUT2D eigenvalue weighted by Crippen LogP contribution is 2.47. The van der Waals surface area contributed by atoms with E-state index in [1.54, 1.807) is 0 Å². The van der Waals surface area contributed by atoms with Crippen LogP contribution in [0.1, 0.15) is 24.5 Å². The largest absolute Gasteiger partial charge is 0.256 e.